The Bertz CT molecular complexity index is 491. The second kappa shape index (κ2) is 4.66. The number of hydrogen-bond acceptors (Lipinski definition) is 3. The Morgan fingerprint density at radius 2 is 2.00 bits per heavy atom. The average molecular weight is 269 g/mol. The van der Waals surface area contributed by atoms with Crippen molar-refractivity contribution >= 4 is 10.0 Å². The molecule has 1 unspecified atom stereocenters. The van der Waals surface area contributed by atoms with Gasteiger partial charge in [0, 0.05) is 18.8 Å². The lowest BCUT2D eigenvalue weighted by atomic mass is 9.97. The van der Waals surface area contributed by atoms with Crippen LogP contribution in [-0.2, 0) is 10.0 Å². The minimum atomic E-state index is -3.34. The Kier molecular flexibility index (Phi) is 3.15. The molecule has 1 atom stereocenters. The first-order chi connectivity index (χ1) is 8.69. The molecule has 2 heterocycles. The molecule has 0 radical (unpaired) electrons. The summed E-state index contributed by atoms with van der Waals surface area (Å²) in [5, 5.41) is 6.34. The number of H-pyrrole nitrogens is 1. The van der Waals surface area contributed by atoms with Crippen molar-refractivity contribution in [2.75, 3.05) is 6.54 Å². The van der Waals surface area contributed by atoms with Gasteiger partial charge in [0.25, 0.3) is 0 Å². The maximum absolute atomic E-state index is 12.5. The van der Waals surface area contributed by atoms with E-state index >= 15 is 0 Å². The first-order valence-corrected chi connectivity index (χ1v) is 8.14. The molecule has 1 saturated heterocycles. The number of sulfonamides is 1. The highest BCUT2D eigenvalue weighted by molar-refractivity contribution is 7.89. The molecular weight excluding hydrogens is 250 g/mol. The van der Waals surface area contributed by atoms with E-state index in [1.165, 1.54) is 38.1 Å². The van der Waals surface area contributed by atoms with Gasteiger partial charge in [-0.15, -0.1) is 0 Å². The van der Waals surface area contributed by atoms with Gasteiger partial charge in [-0.2, -0.15) is 9.40 Å². The van der Waals surface area contributed by atoms with E-state index in [0.29, 0.717) is 17.4 Å². The predicted molar refractivity (Wildman–Crippen MR) is 67.5 cm³/mol. The summed E-state index contributed by atoms with van der Waals surface area (Å²) in [6.07, 6.45) is 9.74. The van der Waals surface area contributed by atoms with Crippen LogP contribution in [0.1, 0.15) is 38.5 Å². The smallest absolute Gasteiger partial charge is 0.246 e. The molecule has 1 aromatic rings. The molecular formula is C12H19N3O2S. The lowest BCUT2D eigenvalue weighted by Gasteiger charge is -2.28. The number of aromatic nitrogens is 2. The summed E-state index contributed by atoms with van der Waals surface area (Å²) in [6.45, 7) is 0.661. The average Bonchev–Trinajstić information content (AvgIpc) is 3.11. The molecule has 18 heavy (non-hydrogen) atoms. The second-order valence-electron chi connectivity index (χ2n) is 5.30. The van der Waals surface area contributed by atoms with Crippen molar-refractivity contribution < 1.29 is 8.42 Å². The molecule has 1 aliphatic heterocycles. The monoisotopic (exact) mass is 269 g/mol. The van der Waals surface area contributed by atoms with Gasteiger partial charge in [0.05, 0.1) is 6.20 Å². The van der Waals surface area contributed by atoms with E-state index in [9.17, 15) is 8.42 Å². The maximum atomic E-state index is 12.5. The third kappa shape index (κ3) is 1.97. The first-order valence-electron chi connectivity index (χ1n) is 6.70. The fourth-order valence-electron chi connectivity index (χ4n) is 3.39. The van der Waals surface area contributed by atoms with E-state index in [4.69, 9.17) is 0 Å². The number of aromatic amines is 1. The van der Waals surface area contributed by atoms with Crippen LogP contribution in [0.5, 0.6) is 0 Å². The lowest BCUT2D eigenvalue weighted by molar-refractivity contribution is 0.288. The maximum Gasteiger partial charge on any atom is 0.246 e. The first kappa shape index (κ1) is 12.2. The summed E-state index contributed by atoms with van der Waals surface area (Å²) in [6, 6.07) is 0.215. The SMILES string of the molecule is O=S(=O)(c1cn[nH]c1)N1CCCC1C1CCCC1. The normalized spacial score (nSPS) is 27.0. The largest absolute Gasteiger partial charge is 0.284 e. The van der Waals surface area contributed by atoms with Crippen molar-refractivity contribution in [2.45, 2.75) is 49.5 Å². The third-order valence-electron chi connectivity index (χ3n) is 4.27. The molecule has 1 N–H and O–H groups in total. The molecule has 0 spiro atoms. The van der Waals surface area contributed by atoms with E-state index in [1.54, 1.807) is 4.31 Å². The number of nitrogens with one attached hydrogen (secondary N) is 1. The molecule has 0 aromatic carbocycles. The minimum Gasteiger partial charge on any atom is -0.284 e. The van der Waals surface area contributed by atoms with Crippen LogP contribution in [0.15, 0.2) is 17.3 Å². The predicted octanol–water partition coefficient (Wildman–Crippen LogP) is 1.75. The Morgan fingerprint density at radius 1 is 1.22 bits per heavy atom. The third-order valence-corrected chi connectivity index (χ3v) is 6.16. The fraction of sp³-hybridized carbons (Fsp3) is 0.750. The van der Waals surface area contributed by atoms with Gasteiger partial charge < -0.3 is 0 Å². The molecule has 3 rings (SSSR count). The number of nitrogens with zero attached hydrogens (tertiary/aromatic N) is 2. The highest BCUT2D eigenvalue weighted by atomic mass is 32.2. The van der Waals surface area contributed by atoms with Crippen molar-refractivity contribution in [2.24, 2.45) is 5.92 Å². The van der Waals surface area contributed by atoms with Crippen LogP contribution in [0, 0.1) is 5.92 Å². The fourth-order valence-corrected chi connectivity index (χ4v) is 5.05. The molecule has 5 nitrogen and oxygen atoms in total. The van der Waals surface area contributed by atoms with Gasteiger partial charge in [-0.25, -0.2) is 8.42 Å². The van der Waals surface area contributed by atoms with Crippen molar-refractivity contribution in [1.29, 1.82) is 0 Å². The lowest BCUT2D eigenvalue weighted by Crippen LogP contribution is -2.39. The van der Waals surface area contributed by atoms with Gasteiger partial charge in [-0.3, -0.25) is 5.10 Å². The summed E-state index contributed by atoms with van der Waals surface area (Å²) in [5.41, 5.74) is 0. The van der Waals surface area contributed by atoms with Crippen LogP contribution in [0.4, 0.5) is 0 Å². The van der Waals surface area contributed by atoms with Gasteiger partial charge in [0.15, 0.2) is 0 Å². The van der Waals surface area contributed by atoms with Crippen molar-refractivity contribution in [1.82, 2.24) is 14.5 Å². The van der Waals surface area contributed by atoms with Crippen molar-refractivity contribution in [3.8, 4) is 0 Å². The van der Waals surface area contributed by atoms with E-state index < -0.39 is 10.0 Å². The second-order valence-corrected chi connectivity index (χ2v) is 7.19. The summed E-state index contributed by atoms with van der Waals surface area (Å²) < 4.78 is 26.8. The number of hydrogen-bond donors (Lipinski definition) is 1. The molecule has 2 fully saturated rings. The van der Waals surface area contributed by atoms with Crippen LogP contribution in [0.2, 0.25) is 0 Å². The van der Waals surface area contributed by atoms with Gasteiger partial charge in [-0.05, 0) is 31.6 Å². The van der Waals surface area contributed by atoms with Crippen LogP contribution in [0.25, 0.3) is 0 Å². The minimum absolute atomic E-state index is 0.215. The van der Waals surface area contributed by atoms with Crippen molar-refractivity contribution in [3.63, 3.8) is 0 Å². The topological polar surface area (TPSA) is 66.1 Å². The summed E-state index contributed by atoms with van der Waals surface area (Å²) in [5.74, 6) is 0.564. The van der Waals surface area contributed by atoms with Crippen LogP contribution in [-0.4, -0.2) is 35.5 Å². The van der Waals surface area contributed by atoms with E-state index in [-0.39, 0.29) is 6.04 Å². The highest BCUT2D eigenvalue weighted by Crippen LogP contribution is 2.37. The molecule has 100 valence electrons. The Balaban J connectivity index is 1.86. The molecule has 1 aliphatic carbocycles. The van der Waals surface area contributed by atoms with Gasteiger partial charge >= 0.3 is 0 Å². The van der Waals surface area contributed by atoms with Crippen molar-refractivity contribution in [3.05, 3.63) is 12.4 Å². The Hall–Kier alpha value is -0.880. The molecule has 0 amide bonds. The quantitative estimate of drug-likeness (QED) is 0.909. The Morgan fingerprint density at radius 3 is 2.67 bits per heavy atom. The number of rotatable bonds is 3. The Labute approximate surface area is 108 Å². The molecule has 6 heteroatoms. The molecule has 1 aromatic heterocycles. The summed E-state index contributed by atoms with van der Waals surface area (Å²) in [4.78, 5) is 0.299. The van der Waals surface area contributed by atoms with E-state index in [2.05, 4.69) is 10.2 Å². The zero-order valence-corrected chi connectivity index (χ0v) is 11.2. The van der Waals surface area contributed by atoms with Crippen LogP contribution >= 0.6 is 0 Å². The van der Waals surface area contributed by atoms with Crippen LogP contribution in [0.3, 0.4) is 0 Å². The van der Waals surface area contributed by atoms with Gasteiger partial charge in [0.2, 0.25) is 10.0 Å². The van der Waals surface area contributed by atoms with Gasteiger partial charge in [-0.1, -0.05) is 12.8 Å². The zero-order valence-electron chi connectivity index (χ0n) is 10.4. The highest BCUT2D eigenvalue weighted by Gasteiger charge is 2.40. The molecule has 2 aliphatic rings. The molecule has 0 bridgehead atoms. The summed E-state index contributed by atoms with van der Waals surface area (Å²) >= 11 is 0. The van der Waals surface area contributed by atoms with Crippen LogP contribution < -0.4 is 0 Å². The van der Waals surface area contributed by atoms with E-state index in [1.807, 2.05) is 0 Å². The zero-order chi connectivity index (χ0) is 12.6. The van der Waals surface area contributed by atoms with E-state index in [0.717, 1.165) is 12.8 Å². The van der Waals surface area contributed by atoms with Gasteiger partial charge in [0.1, 0.15) is 4.90 Å². The summed E-state index contributed by atoms with van der Waals surface area (Å²) in [7, 11) is -3.34. The standard InChI is InChI=1S/C12H19N3O2S/c16-18(17,11-8-13-14-9-11)15-7-3-6-12(15)10-4-1-2-5-10/h8-10,12H,1-7H2,(H,13,14). The molecule has 1 saturated carbocycles.